The van der Waals surface area contributed by atoms with Gasteiger partial charge in [-0.1, -0.05) is 67.3 Å². The molecule has 0 fully saturated rings. The summed E-state index contributed by atoms with van der Waals surface area (Å²) in [4.78, 5) is 0. The summed E-state index contributed by atoms with van der Waals surface area (Å²) in [6.07, 6.45) is 2.71. The molecule has 0 aliphatic heterocycles. The van der Waals surface area contributed by atoms with Gasteiger partial charge in [0, 0.05) is 6.04 Å². The maximum absolute atomic E-state index is 6.19. The lowest BCUT2D eigenvalue weighted by atomic mass is 9.99. The third kappa shape index (κ3) is 3.05. The van der Waals surface area contributed by atoms with Crippen LogP contribution >= 0.6 is 0 Å². The Kier molecular flexibility index (Phi) is 3.73. The molecule has 0 unspecified atom stereocenters. The smallest absolute Gasteiger partial charge is 0.0335 e. The molecule has 2 aromatic carbocycles. The molecule has 0 bridgehead atoms. The van der Waals surface area contributed by atoms with Gasteiger partial charge in [0.15, 0.2) is 0 Å². The molecule has 0 aliphatic carbocycles. The maximum Gasteiger partial charge on any atom is 0.0335 e. The van der Waals surface area contributed by atoms with E-state index in [4.69, 9.17) is 5.73 Å². The molecule has 2 N–H and O–H groups in total. The molecule has 1 atom stereocenters. The van der Waals surface area contributed by atoms with E-state index in [9.17, 15) is 0 Å². The molecule has 2 aromatic rings. The summed E-state index contributed by atoms with van der Waals surface area (Å²) in [6.45, 7) is 3.74. The SMILES string of the molecule is C=Cc1ccc([C@@H](N)Cc2ccccc2)cc1. The standard InChI is InChI=1S/C16H17N/c1-2-13-8-10-15(11-9-13)16(17)12-14-6-4-3-5-7-14/h2-11,16H,1,12,17H2/t16-/m0/s1. The van der Waals surface area contributed by atoms with Crippen molar-refractivity contribution in [1.82, 2.24) is 0 Å². The van der Waals surface area contributed by atoms with E-state index in [1.165, 1.54) is 11.1 Å². The fourth-order valence-electron chi connectivity index (χ4n) is 1.87. The molecular weight excluding hydrogens is 206 g/mol. The number of hydrogen-bond donors (Lipinski definition) is 1. The van der Waals surface area contributed by atoms with E-state index in [1.54, 1.807) is 0 Å². The first-order valence-corrected chi connectivity index (χ1v) is 5.81. The van der Waals surface area contributed by atoms with Gasteiger partial charge in [0.05, 0.1) is 0 Å². The summed E-state index contributed by atoms with van der Waals surface area (Å²) in [5.41, 5.74) is 9.76. The Morgan fingerprint density at radius 2 is 1.65 bits per heavy atom. The van der Waals surface area contributed by atoms with Crippen LogP contribution in [0.25, 0.3) is 6.08 Å². The van der Waals surface area contributed by atoms with Gasteiger partial charge in [-0.2, -0.15) is 0 Å². The van der Waals surface area contributed by atoms with Crippen molar-refractivity contribution in [3.05, 3.63) is 77.9 Å². The lowest BCUT2D eigenvalue weighted by Crippen LogP contribution is -2.13. The monoisotopic (exact) mass is 223 g/mol. The predicted molar refractivity (Wildman–Crippen MR) is 73.6 cm³/mol. The van der Waals surface area contributed by atoms with Crippen LogP contribution in [0, 0.1) is 0 Å². The van der Waals surface area contributed by atoms with Crippen LogP contribution in [0.5, 0.6) is 0 Å². The summed E-state index contributed by atoms with van der Waals surface area (Å²) in [7, 11) is 0. The zero-order chi connectivity index (χ0) is 12.1. The molecule has 0 spiro atoms. The highest BCUT2D eigenvalue weighted by atomic mass is 14.6. The van der Waals surface area contributed by atoms with Gasteiger partial charge >= 0.3 is 0 Å². The fourth-order valence-corrected chi connectivity index (χ4v) is 1.87. The van der Waals surface area contributed by atoms with Crippen LogP contribution in [-0.4, -0.2) is 0 Å². The van der Waals surface area contributed by atoms with Gasteiger partial charge in [0.1, 0.15) is 0 Å². The predicted octanol–water partition coefficient (Wildman–Crippen LogP) is 3.57. The van der Waals surface area contributed by atoms with Gasteiger partial charge in [0.2, 0.25) is 0 Å². The van der Waals surface area contributed by atoms with E-state index in [-0.39, 0.29) is 6.04 Å². The Balaban J connectivity index is 2.09. The summed E-state index contributed by atoms with van der Waals surface area (Å²) >= 11 is 0. The second kappa shape index (κ2) is 5.46. The third-order valence-electron chi connectivity index (χ3n) is 2.90. The molecular formula is C16H17N. The normalized spacial score (nSPS) is 12.1. The number of rotatable bonds is 4. The second-order valence-electron chi connectivity index (χ2n) is 4.17. The zero-order valence-electron chi connectivity index (χ0n) is 9.84. The minimum absolute atomic E-state index is 0.0521. The highest BCUT2D eigenvalue weighted by Crippen LogP contribution is 2.16. The third-order valence-corrected chi connectivity index (χ3v) is 2.90. The molecule has 1 heteroatoms. The highest BCUT2D eigenvalue weighted by Gasteiger charge is 2.06. The average molecular weight is 223 g/mol. The Labute approximate surface area is 103 Å². The molecule has 86 valence electrons. The Hall–Kier alpha value is -1.86. The molecule has 0 saturated heterocycles. The van der Waals surface area contributed by atoms with Crippen molar-refractivity contribution in [3.8, 4) is 0 Å². The lowest BCUT2D eigenvalue weighted by Gasteiger charge is -2.12. The Morgan fingerprint density at radius 1 is 1.00 bits per heavy atom. The van der Waals surface area contributed by atoms with Crippen molar-refractivity contribution in [2.24, 2.45) is 5.73 Å². The zero-order valence-corrected chi connectivity index (χ0v) is 9.84. The van der Waals surface area contributed by atoms with Crippen LogP contribution in [0.15, 0.2) is 61.2 Å². The van der Waals surface area contributed by atoms with E-state index >= 15 is 0 Å². The van der Waals surface area contributed by atoms with Gasteiger partial charge in [0.25, 0.3) is 0 Å². The van der Waals surface area contributed by atoms with E-state index in [1.807, 2.05) is 36.4 Å². The molecule has 0 saturated carbocycles. The topological polar surface area (TPSA) is 26.0 Å². The summed E-state index contributed by atoms with van der Waals surface area (Å²) in [5, 5.41) is 0. The minimum atomic E-state index is 0.0521. The van der Waals surface area contributed by atoms with Crippen molar-refractivity contribution in [2.45, 2.75) is 12.5 Å². The van der Waals surface area contributed by atoms with E-state index < -0.39 is 0 Å². The first kappa shape index (κ1) is 11.6. The molecule has 1 nitrogen and oxygen atoms in total. The molecule has 17 heavy (non-hydrogen) atoms. The van der Waals surface area contributed by atoms with E-state index in [2.05, 4.69) is 30.8 Å². The highest BCUT2D eigenvalue weighted by molar-refractivity contribution is 5.47. The van der Waals surface area contributed by atoms with Crippen LogP contribution < -0.4 is 5.73 Å². The van der Waals surface area contributed by atoms with Crippen molar-refractivity contribution < 1.29 is 0 Å². The molecule has 0 radical (unpaired) electrons. The first-order chi connectivity index (χ1) is 8.29. The Morgan fingerprint density at radius 3 is 2.24 bits per heavy atom. The maximum atomic E-state index is 6.19. The summed E-state index contributed by atoms with van der Waals surface area (Å²) in [6, 6.07) is 18.6. The van der Waals surface area contributed by atoms with Crippen LogP contribution in [0.4, 0.5) is 0 Å². The quantitative estimate of drug-likeness (QED) is 0.842. The first-order valence-electron chi connectivity index (χ1n) is 5.81. The van der Waals surface area contributed by atoms with Gasteiger partial charge in [-0.25, -0.2) is 0 Å². The number of benzene rings is 2. The van der Waals surface area contributed by atoms with Crippen molar-refractivity contribution >= 4 is 6.08 Å². The largest absolute Gasteiger partial charge is 0.324 e. The van der Waals surface area contributed by atoms with Crippen molar-refractivity contribution in [3.63, 3.8) is 0 Å². The van der Waals surface area contributed by atoms with E-state index in [0.717, 1.165) is 12.0 Å². The summed E-state index contributed by atoms with van der Waals surface area (Å²) < 4.78 is 0. The number of nitrogens with two attached hydrogens (primary N) is 1. The molecule has 0 aliphatic rings. The Bertz CT molecular complexity index is 471. The number of hydrogen-bond acceptors (Lipinski definition) is 1. The minimum Gasteiger partial charge on any atom is -0.324 e. The van der Waals surface area contributed by atoms with Crippen LogP contribution in [-0.2, 0) is 6.42 Å². The van der Waals surface area contributed by atoms with Crippen LogP contribution in [0.3, 0.4) is 0 Å². The van der Waals surface area contributed by atoms with Gasteiger partial charge in [-0.15, -0.1) is 0 Å². The van der Waals surface area contributed by atoms with Gasteiger partial charge in [-0.3, -0.25) is 0 Å². The van der Waals surface area contributed by atoms with Crippen molar-refractivity contribution in [2.75, 3.05) is 0 Å². The van der Waals surface area contributed by atoms with Gasteiger partial charge < -0.3 is 5.73 Å². The van der Waals surface area contributed by atoms with Gasteiger partial charge in [-0.05, 0) is 23.1 Å². The fraction of sp³-hybridized carbons (Fsp3) is 0.125. The van der Waals surface area contributed by atoms with E-state index in [0.29, 0.717) is 0 Å². The second-order valence-corrected chi connectivity index (χ2v) is 4.17. The molecule has 0 amide bonds. The molecule has 0 heterocycles. The van der Waals surface area contributed by atoms with Crippen molar-refractivity contribution in [1.29, 1.82) is 0 Å². The van der Waals surface area contributed by atoms with Crippen LogP contribution in [0.1, 0.15) is 22.7 Å². The summed E-state index contributed by atoms with van der Waals surface area (Å²) in [5.74, 6) is 0. The molecule has 0 aromatic heterocycles. The lowest BCUT2D eigenvalue weighted by molar-refractivity contribution is 0.722. The van der Waals surface area contributed by atoms with Crippen LogP contribution in [0.2, 0.25) is 0 Å². The molecule has 2 rings (SSSR count). The average Bonchev–Trinajstić information content (AvgIpc) is 2.40.